The first-order valence-electron chi connectivity index (χ1n) is 8.99. The van der Waals surface area contributed by atoms with Gasteiger partial charge in [-0.15, -0.1) is 0 Å². The minimum atomic E-state index is -5.26. The maximum Gasteiger partial charge on any atom is 0.425 e. The van der Waals surface area contributed by atoms with E-state index < -0.39 is 35.1 Å². The molecule has 0 saturated carbocycles. The molecule has 0 saturated heterocycles. The fraction of sp³-hybridized carbons (Fsp3) is 0.450. The van der Waals surface area contributed by atoms with Gasteiger partial charge >= 0.3 is 12.1 Å². The van der Waals surface area contributed by atoms with Crippen LogP contribution in [0, 0.1) is 5.92 Å². The molecule has 1 aromatic rings. The Hall–Kier alpha value is -2.84. The molecule has 0 radical (unpaired) electrons. The van der Waals surface area contributed by atoms with Gasteiger partial charge in [0.1, 0.15) is 5.57 Å². The number of allylic oxidation sites excluding steroid dienone is 1. The number of alkyl halides is 3. The molecule has 1 atom stereocenters. The van der Waals surface area contributed by atoms with Crippen LogP contribution >= 0.6 is 0 Å². The van der Waals surface area contributed by atoms with E-state index in [-0.39, 0.29) is 24.6 Å². The molecule has 29 heavy (non-hydrogen) atoms. The number of benzene rings is 1. The number of esters is 1. The summed E-state index contributed by atoms with van der Waals surface area (Å²) in [5, 5.41) is 1.81. The molecule has 158 valence electrons. The number of nitrogens with zero attached hydrogens (tertiary/aromatic N) is 1. The lowest BCUT2D eigenvalue weighted by atomic mass is 9.88. The van der Waals surface area contributed by atoms with Crippen LogP contribution in [-0.4, -0.2) is 41.5 Å². The average Bonchev–Trinajstić information content (AvgIpc) is 2.83. The Morgan fingerprint density at radius 1 is 1.21 bits per heavy atom. The summed E-state index contributed by atoms with van der Waals surface area (Å²) in [4.78, 5) is 38.5. The zero-order valence-electron chi connectivity index (χ0n) is 16.6. The number of carbonyl (C=O) groups excluding carboxylic acids is 3. The highest BCUT2D eigenvalue weighted by Gasteiger charge is 2.70. The third-order valence-electron chi connectivity index (χ3n) is 4.63. The van der Waals surface area contributed by atoms with E-state index in [9.17, 15) is 27.6 Å². The Morgan fingerprint density at radius 3 is 2.28 bits per heavy atom. The smallest absolute Gasteiger partial charge is 0.425 e. The minimum absolute atomic E-state index is 0.191. The topological polar surface area (TPSA) is 75.7 Å². The third-order valence-corrected chi connectivity index (χ3v) is 4.63. The van der Waals surface area contributed by atoms with E-state index in [1.165, 1.54) is 6.92 Å². The van der Waals surface area contributed by atoms with Crippen molar-refractivity contribution in [2.45, 2.75) is 45.5 Å². The van der Waals surface area contributed by atoms with Gasteiger partial charge in [-0.2, -0.15) is 13.2 Å². The van der Waals surface area contributed by atoms with Gasteiger partial charge in [0.05, 0.1) is 13.7 Å². The van der Waals surface area contributed by atoms with Crippen molar-refractivity contribution < 1.29 is 32.3 Å². The number of hydrogen-bond acceptors (Lipinski definition) is 4. The SMILES string of the molecule is COC(=O)C1=C(C)N(Cc2ccccc2)C(=O)C1(NC(=O)CC(C)C)C(F)(F)F. The molecular weight excluding hydrogens is 389 g/mol. The molecule has 1 aliphatic rings. The van der Waals surface area contributed by atoms with Crippen molar-refractivity contribution in [3.8, 4) is 0 Å². The first-order chi connectivity index (χ1) is 13.5. The van der Waals surface area contributed by atoms with Gasteiger partial charge in [-0.1, -0.05) is 44.2 Å². The molecule has 2 rings (SSSR count). The van der Waals surface area contributed by atoms with Crippen molar-refractivity contribution >= 4 is 17.8 Å². The largest absolute Gasteiger partial charge is 0.466 e. The summed E-state index contributed by atoms with van der Waals surface area (Å²) < 4.78 is 47.4. The number of halogens is 3. The molecular formula is C20H23F3N2O4. The Balaban J connectivity index is 2.61. The van der Waals surface area contributed by atoms with Crippen molar-refractivity contribution in [3.05, 3.63) is 47.2 Å². The third kappa shape index (κ3) is 4.13. The predicted octanol–water partition coefficient (Wildman–Crippen LogP) is 2.94. The number of amides is 2. The monoisotopic (exact) mass is 412 g/mol. The average molecular weight is 412 g/mol. The second-order valence-corrected chi connectivity index (χ2v) is 7.22. The maximum absolute atomic E-state index is 14.3. The molecule has 0 aliphatic carbocycles. The van der Waals surface area contributed by atoms with E-state index >= 15 is 0 Å². The Bertz CT molecular complexity index is 834. The number of carbonyl (C=O) groups is 3. The maximum atomic E-state index is 14.3. The number of hydrogen-bond donors (Lipinski definition) is 1. The van der Waals surface area contributed by atoms with Crippen molar-refractivity contribution in [1.29, 1.82) is 0 Å². The molecule has 0 aromatic heterocycles. The summed E-state index contributed by atoms with van der Waals surface area (Å²) in [6, 6.07) is 8.37. The molecule has 0 bridgehead atoms. The predicted molar refractivity (Wildman–Crippen MR) is 98.1 cm³/mol. The van der Waals surface area contributed by atoms with Gasteiger partial charge in [-0.05, 0) is 18.4 Å². The van der Waals surface area contributed by atoms with Gasteiger partial charge in [-0.25, -0.2) is 4.79 Å². The van der Waals surface area contributed by atoms with Crippen LogP contribution in [0.5, 0.6) is 0 Å². The highest BCUT2D eigenvalue weighted by Crippen LogP contribution is 2.45. The van der Waals surface area contributed by atoms with E-state index in [1.54, 1.807) is 44.2 Å². The fourth-order valence-electron chi connectivity index (χ4n) is 3.31. The molecule has 2 amide bonds. The van der Waals surface area contributed by atoms with Gasteiger partial charge in [0, 0.05) is 12.1 Å². The van der Waals surface area contributed by atoms with Crippen molar-refractivity contribution in [2.24, 2.45) is 5.92 Å². The van der Waals surface area contributed by atoms with Crippen molar-refractivity contribution in [1.82, 2.24) is 10.2 Å². The minimum Gasteiger partial charge on any atom is -0.466 e. The van der Waals surface area contributed by atoms with E-state index in [1.807, 2.05) is 5.32 Å². The lowest BCUT2D eigenvalue weighted by Crippen LogP contribution is -2.66. The van der Waals surface area contributed by atoms with Crippen LogP contribution in [-0.2, 0) is 25.7 Å². The van der Waals surface area contributed by atoms with Gasteiger partial charge in [0.25, 0.3) is 5.91 Å². The highest BCUT2D eigenvalue weighted by atomic mass is 19.4. The molecule has 0 spiro atoms. The molecule has 1 N–H and O–H groups in total. The summed E-state index contributed by atoms with van der Waals surface area (Å²) in [5.74, 6) is -4.00. The molecule has 0 fully saturated rings. The summed E-state index contributed by atoms with van der Waals surface area (Å²) in [6.45, 7) is 4.35. The van der Waals surface area contributed by atoms with Crippen LogP contribution < -0.4 is 5.32 Å². The second kappa shape index (κ2) is 8.26. The van der Waals surface area contributed by atoms with E-state index in [2.05, 4.69) is 4.74 Å². The van der Waals surface area contributed by atoms with Crippen LogP contribution in [0.3, 0.4) is 0 Å². The molecule has 1 heterocycles. The standard InChI is InChI=1S/C20H23F3N2O4/c1-12(2)10-15(26)24-19(20(21,22)23)16(17(27)29-4)13(3)25(18(19)28)11-14-8-6-5-7-9-14/h5-9,12H,10-11H2,1-4H3,(H,24,26). The van der Waals surface area contributed by atoms with Gasteiger partial charge in [0.15, 0.2) is 0 Å². The number of rotatable bonds is 6. The van der Waals surface area contributed by atoms with E-state index in [4.69, 9.17) is 0 Å². The molecule has 1 aromatic carbocycles. The van der Waals surface area contributed by atoms with Gasteiger partial charge in [0.2, 0.25) is 11.4 Å². The summed E-state index contributed by atoms with van der Waals surface area (Å²) >= 11 is 0. The second-order valence-electron chi connectivity index (χ2n) is 7.22. The molecule has 9 heteroatoms. The van der Waals surface area contributed by atoms with Crippen LogP contribution in [0.2, 0.25) is 0 Å². The van der Waals surface area contributed by atoms with E-state index in [0.29, 0.717) is 5.56 Å². The summed E-state index contributed by atoms with van der Waals surface area (Å²) in [7, 11) is 0.921. The first-order valence-corrected chi connectivity index (χ1v) is 8.99. The molecule has 1 unspecified atom stereocenters. The lowest BCUT2D eigenvalue weighted by molar-refractivity contribution is -0.196. The normalized spacial score (nSPS) is 19.7. The quantitative estimate of drug-likeness (QED) is 0.729. The van der Waals surface area contributed by atoms with Crippen LogP contribution in [0.15, 0.2) is 41.6 Å². The van der Waals surface area contributed by atoms with E-state index in [0.717, 1.165) is 12.0 Å². The lowest BCUT2D eigenvalue weighted by Gasteiger charge is -2.33. The Labute approximate surface area is 166 Å². The summed E-state index contributed by atoms with van der Waals surface area (Å²) in [5.41, 5.74) is -4.07. The van der Waals surface area contributed by atoms with Crippen LogP contribution in [0.1, 0.15) is 32.8 Å². The number of nitrogens with one attached hydrogen (secondary N) is 1. The Morgan fingerprint density at radius 2 is 1.79 bits per heavy atom. The number of ether oxygens (including phenoxy) is 1. The number of methoxy groups -OCH3 is 1. The highest BCUT2D eigenvalue weighted by molar-refractivity contribution is 6.10. The first kappa shape index (κ1) is 22.4. The zero-order valence-corrected chi connectivity index (χ0v) is 16.6. The zero-order chi connectivity index (χ0) is 22.0. The molecule has 6 nitrogen and oxygen atoms in total. The van der Waals surface area contributed by atoms with Crippen molar-refractivity contribution in [2.75, 3.05) is 7.11 Å². The van der Waals surface area contributed by atoms with Crippen molar-refractivity contribution in [3.63, 3.8) is 0 Å². The summed E-state index contributed by atoms with van der Waals surface area (Å²) in [6.07, 6.45) is -5.50. The molecule has 1 aliphatic heterocycles. The van der Waals surface area contributed by atoms with Gasteiger partial charge in [-0.3, -0.25) is 9.59 Å². The fourth-order valence-corrected chi connectivity index (χ4v) is 3.31. The van der Waals surface area contributed by atoms with Crippen LogP contribution in [0.25, 0.3) is 0 Å². The van der Waals surface area contributed by atoms with Crippen LogP contribution in [0.4, 0.5) is 13.2 Å². The van der Waals surface area contributed by atoms with Gasteiger partial charge < -0.3 is 15.0 Å². The Kier molecular flexibility index (Phi) is 6.40.